The van der Waals surface area contributed by atoms with Crippen LogP contribution in [0.15, 0.2) is 54.6 Å². The molecule has 1 N–H and O–H groups in total. The van der Waals surface area contributed by atoms with E-state index in [1.165, 1.54) is 12.2 Å². The molecule has 0 saturated carbocycles. The van der Waals surface area contributed by atoms with Gasteiger partial charge >= 0.3 is 5.97 Å². The summed E-state index contributed by atoms with van der Waals surface area (Å²) in [4.78, 5) is 24.0. The van der Waals surface area contributed by atoms with Crippen LogP contribution < -0.4 is 5.32 Å². The first-order valence-electron chi connectivity index (χ1n) is 9.97. The number of nitrogens with one attached hydrogen (secondary N) is 1. The third kappa shape index (κ3) is 6.45. The van der Waals surface area contributed by atoms with Gasteiger partial charge in [-0.2, -0.15) is 5.10 Å². The molecule has 8 heteroatoms. The highest BCUT2D eigenvalue weighted by Crippen LogP contribution is 2.23. The van der Waals surface area contributed by atoms with E-state index in [0.29, 0.717) is 28.7 Å². The number of carbonyl (C=O) groups excluding carboxylic acids is 2. The molecule has 1 aromatic heterocycles. The molecule has 0 fully saturated rings. The van der Waals surface area contributed by atoms with Gasteiger partial charge in [-0.1, -0.05) is 59.6 Å². The van der Waals surface area contributed by atoms with E-state index in [4.69, 9.17) is 27.9 Å². The fourth-order valence-electron chi connectivity index (χ4n) is 3.10. The fourth-order valence-corrected chi connectivity index (χ4v) is 3.41. The van der Waals surface area contributed by atoms with E-state index in [-0.39, 0.29) is 6.61 Å². The van der Waals surface area contributed by atoms with Gasteiger partial charge in [-0.15, -0.1) is 0 Å². The standard InChI is InChI=1S/C24H23Cl2N3O3/c1-16-20(17(2)29(28-16)14-19-6-4-3-5-7-19)13-27-23(30)15-32-24(31)11-9-18-8-10-21(25)22(26)12-18/h3-12H,13-15H2,1-2H3,(H,27,30)/b11-9+. The molecular formula is C24H23Cl2N3O3. The molecule has 0 radical (unpaired) electrons. The minimum absolute atomic E-state index is 0.307. The van der Waals surface area contributed by atoms with Gasteiger partial charge in [0.1, 0.15) is 0 Å². The molecular weight excluding hydrogens is 449 g/mol. The molecule has 0 aliphatic heterocycles. The number of aryl methyl sites for hydroxylation is 1. The van der Waals surface area contributed by atoms with Gasteiger partial charge in [0.2, 0.25) is 0 Å². The summed E-state index contributed by atoms with van der Waals surface area (Å²) in [5.74, 6) is -1.02. The minimum Gasteiger partial charge on any atom is -0.452 e. The summed E-state index contributed by atoms with van der Waals surface area (Å²) in [6.45, 7) is 4.47. The molecule has 0 atom stereocenters. The Morgan fingerprint density at radius 3 is 2.56 bits per heavy atom. The van der Waals surface area contributed by atoms with Crippen molar-refractivity contribution in [3.05, 3.63) is 92.7 Å². The molecule has 0 aliphatic rings. The van der Waals surface area contributed by atoms with Crippen LogP contribution in [0.2, 0.25) is 10.0 Å². The Bertz CT molecular complexity index is 1140. The van der Waals surface area contributed by atoms with E-state index >= 15 is 0 Å². The van der Waals surface area contributed by atoms with Crippen LogP contribution in [0.25, 0.3) is 6.08 Å². The van der Waals surface area contributed by atoms with E-state index in [0.717, 1.165) is 22.5 Å². The number of esters is 1. The first-order valence-corrected chi connectivity index (χ1v) is 10.7. The van der Waals surface area contributed by atoms with Crippen molar-refractivity contribution in [2.75, 3.05) is 6.61 Å². The van der Waals surface area contributed by atoms with Crippen LogP contribution in [0.1, 0.15) is 28.1 Å². The van der Waals surface area contributed by atoms with Crippen molar-refractivity contribution in [3.8, 4) is 0 Å². The summed E-state index contributed by atoms with van der Waals surface area (Å²) in [7, 11) is 0. The van der Waals surface area contributed by atoms with Crippen LogP contribution in [0.4, 0.5) is 0 Å². The molecule has 0 aliphatic carbocycles. The van der Waals surface area contributed by atoms with Crippen molar-refractivity contribution < 1.29 is 14.3 Å². The number of hydrogen-bond acceptors (Lipinski definition) is 4. The van der Waals surface area contributed by atoms with Gasteiger partial charge in [0.15, 0.2) is 6.61 Å². The Morgan fingerprint density at radius 2 is 1.84 bits per heavy atom. The summed E-state index contributed by atoms with van der Waals surface area (Å²) in [6.07, 6.45) is 2.77. The summed E-state index contributed by atoms with van der Waals surface area (Å²) in [6, 6.07) is 15.0. The fraction of sp³-hybridized carbons (Fsp3) is 0.208. The zero-order valence-electron chi connectivity index (χ0n) is 17.8. The third-order valence-corrected chi connectivity index (χ3v) is 5.61. The normalized spacial score (nSPS) is 11.0. The van der Waals surface area contributed by atoms with Gasteiger partial charge in [-0.05, 0) is 43.2 Å². The van der Waals surface area contributed by atoms with Crippen LogP contribution in [-0.2, 0) is 27.4 Å². The summed E-state index contributed by atoms with van der Waals surface area (Å²) in [5, 5.41) is 8.17. The van der Waals surface area contributed by atoms with Crippen molar-refractivity contribution in [1.82, 2.24) is 15.1 Å². The minimum atomic E-state index is -0.630. The number of carbonyl (C=O) groups is 2. The SMILES string of the molecule is Cc1nn(Cc2ccccc2)c(C)c1CNC(=O)COC(=O)/C=C/c1ccc(Cl)c(Cl)c1. The molecule has 2 aromatic carbocycles. The van der Waals surface area contributed by atoms with Crippen molar-refractivity contribution in [3.63, 3.8) is 0 Å². The molecule has 166 valence electrons. The van der Waals surface area contributed by atoms with Crippen LogP contribution in [0.5, 0.6) is 0 Å². The summed E-state index contributed by atoms with van der Waals surface area (Å²) in [5.41, 5.74) is 4.61. The second-order valence-corrected chi connectivity index (χ2v) is 8.00. The molecule has 0 spiro atoms. The van der Waals surface area contributed by atoms with Gasteiger partial charge in [-0.25, -0.2) is 4.79 Å². The molecule has 32 heavy (non-hydrogen) atoms. The van der Waals surface area contributed by atoms with Gasteiger partial charge in [0.05, 0.1) is 22.3 Å². The molecule has 0 unspecified atom stereocenters. The van der Waals surface area contributed by atoms with E-state index in [1.54, 1.807) is 18.2 Å². The Balaban J connectivity index is 1.49. The number of ether oxygens (including phenoxy) is 1. The van der Waals surface area contributed by atoms with E-state index < -0.39 is 11.9 Å². The lowest BCUT2D eigenvalue weighted by Crippen LogP contribution is -2.28. The van der Waals surface area contributed by atoms with Gasteiger partial charge in [0, 0.05) is 23.9 Å². The van der Waals surface area contributed by atoms with Crippen molar-refractivity contribution in [2.24, 2.45) is 0 Å². The average Bonchev–Trinajstić information content (AvgIpc) is 3.04. The average molecular weight is 472 g/mol. The number of aromatic nitrogens is 2. The van der Waals surface area contributed by atoms with Crippen molar-refractivity contribution >= 4 is 41.2 Å². The van der Waals surface area contributed by atoms with E-state index in [1.807, 2.05) is 48.9 Å². The second-order valence-electron chi connectivity index (χ2n) is 7.18. The molecule has 0 saturated heterocycles. The maximum atomic E-state index is 12.1. The zero-order valence-corrected chi connectivity index (χ0v) is 19.3. The molecule has 0 bridgehead atoms. The number of amides is 1. The number of halogens is 2. The number of rotatable bonds is 8. The lowest BCUT2D eigenvalue weighted by atomic mass is 10.2. The second kappa shape index (κ2) is 11.0. The largest absolute Gasteiger partial charge is 0.452 e. The van der Waals surface area contributed by atoms with Gasteiger partial charge < -0.3 is 10.1 Å². The Labute approximate surface area is 196 Å². The predicted octanol–water partition coefficient (Wildman–Crippen LogP) is 4.73. The summed E-state index contributed by atoms with van der Waals surface area (Å²) >= 11 is 11.8. The highest BCUT2D eigenvalue weighted by atomic mass is 35.5. The Kier molecular flexibility index (Phi) is 8.09. The summed E-state index contributed by atoms with van der Waals surface area (Å²) < 4.78 is 6.91. The lowest BCUT2D eigenvalue weighted by Gasteiger charge is -2.07. The van der Waals surface area contributed by atoms with Crippen molar-refractivity contribution in [2.45, 2.75) is 26.9 Å². The van der Waals surface area contributed by atoms with Crippen molar-refractivity contribution in [1.29, 1.82) is 0 Å². The Morgan fingerprint density at radius 1 is 1.09 bits per heavy atom. The van der Waals surface area contributed by atoms with Crippen LogP contribution in [0, 0.1) is 13.8 Å². The molecule has 3 aromatic rings. The third-order valence-electron chi connectivity index (χ3n) is 4.87. The highest BCUT2D eigenvalue weighted by Gasteiger charge is 2.13. The highest BCUT2D eigenvalue weighted by molar-refractivity contribution is 6.42. The van der Waals surface area contributed by atoms with E-state index in [2.05, 4.69) is 10.4 Å². The molecule has 6 nitrogen and oxygen atoms in total. The monoisotopic (exact) mass is 471 g/mol. The topological polar surface area (TPSA) is 73.2 Å². The van der Waals surface area contributed by atoms with Gasteiger partial charge in [-0.3, -0.25) is 9.48 Å². The van der Waals surface area contributed by atoms with Gasteiger partial charge in [0.25, 0.3) is 5.91 Å². The smallest absolute Gasteiger partial charge is 0.331 e. The van der Waals surface area contributed by atoms with Crippen LogP contribution in [-0.4, -0.2) is 28.3 Å². The van der Waals surface area contributed by atoms with Crippen LogP contribution >= 0.6 is 23.2 Å². The number of benzene rings is 2. The maximum absolute atomic E-state index is 12.1. The maximum Gasteiger partial charge on any atom is 0.331 e. The molecule has 1 heterocycles. The quantitative estimate of drug-likeness (QED) is 0.380. The molecule has 3 rings (SSSR count). The number of nitrogens with zero attached hydrogens (tertiary/aromatic N) is 2. The van der Waals surface area contributed by atoms with E-state index in [9.17, 15) is 9.59 Å². The molecule has 1 amide bonds. The Hall–Kier alpha value is -3.09. The predicted molar refractivity (Wildman–Crippen MR) is 126 cm³/mol. The first kappa shape index (κ1) is 23.6. The lowest BCUT2D eigenvalue weighted by molar-refractivity contribution is -0.143. The van der Waals surface area contributed by atoms with Crippen LogP contribution in [0.3, 0.4) is 0 Å². The zero-order chi connectivity index (χ0) is 23.1. The first-order chi connectivity index (χ1) is 15.3. The number of hydrogen-bond donors (Lipinski definition) is 1.